The van der Waals surface area contributed by atoms with Crippen LogP contribution >= 0.6 is 11.6 Å². The van der Waals surface area contributed by atoms with Crippen LogP contribution in [0.15, 0.2) is 60.2 Å². The van der Waals surface area contributed by atoms with Gasteiger partial charge in [-0.1, -0.05) is 29.8 Å². The van der Waals surface area contributed by atoms with Crippen LogP contribution in [0.25, 0.3) is 5.76 Å². The first-order chi connectivity index (χ1) is 18.8. The van der Waals surface area contributed by atoms with Crippen LogP contribution in [0.2, 0.25) is 5.02 Å². The van der Waals surface area contributed by atoms with Gasteiger partial charge in [-0.15, -0.1) is 0 Å². The van der Waals surface area contributed by atoms with Crippen molar-refractivity contribution in [3.8, 4) is 28.7 Å². The summed E-state index contributed by atoms with van der Waals surface area (Å²) in [5.41, 5.74) is 1.31. The number of amides is 1. The summed E-state index contributed by atoms with van der Waals surface area (Å²) >= 11 is 6.25. The van der Waals surface area contributed by atoms with Crippen molar-refractivity contribution in [1.29, 1.82) is 0 Å². The number of likely N-dealkylation sites (tertiary alicyclic amines) is 1. The number of aliphatic hydroxyl groups excluding tert-OH is 1. The molecule has 0 bridgehead atoms. The first-order valence-corrected chi connectivity index (χ1v) is 12.2. The molecule has 1 saturated heterocycles. The second-order valence-corrected chi connectivity index (χ2v) is 8.98. The van der Waals surface area contributed by atoms with Gasteiger partial charge in [0.2, 0.25) is 0 Å². The van der Waals surface area contributed by atoms with Gasteiger partial charge in [0.15, 0.2) is 11.5 Å². The highest BCUT2D eigenvalue weighted by atomic mass is 35.5. The molecule has 9 nitrogen and oxygen atoms in total. The Balaban J connectivity index is 1.93. The number of nitrogens with zero attached hydrogens (tertiary/aromatic N) is 1. The summed E-state index contributed by atoms with van der Waals surface area (Å²) in [6.45, 7) is 0.0887. The highest BCUT2D eigenvalue weighted by Crippen LogP contribution is 2.45. The maximum Gasteiger partial charge on any atom is 0.295 e. The van der Waals surface area contributed by atoms with E-state index in [9.17, 15) is 14.7 Å². The number of ether oxygens (including phenoxy) is 5. The lowest BCUT2D eigenvalue weighted by Gasteiger charge is -2.26. The number of hydrogen-bond acceptors (Lipinski definition) is 8. The second kappa shape index (κ2) is 11.6. The molecule has 0 aromatic heterocycles. The molecule has 1 atom stereocenters. The summed E-state index contributed by atoms with van der Waals surface area (Å²) in [6.07, 6.45) is 0. The van der Waals surface area contributed by atoms with Crippen molar-refractivity contribution in [3.63, 3.8) is 0 Å². The molecule has 1 N–H and O–H groups in total. The second-order valence-electron chi connectivity index (χ2n) is 8.58. The van der Waals surface area contributed by atoms with Gasteiger partial charge in [-0.05, 0) is 41.5 Å². The minimum Gasteiger partial charge on any atom is -0.507 e. The molecule has 0 radical (unpaired) electrons. The van der Waals surface area contributed by atoms with Crippen LogP contribution in [0.1, 0.15) is 22.7 Å². The molecule has 39 heavy (non-hydrogen) atoms. The Kier molecular flexibility index (Phi) is 8.21. The number of halogens is 1. The number of carbonyl (C=O) groups excluding carboxylic acids is 2. The molecule has 0 aliphatic carbocycles. The first kappa shape index (κ1) is 27.7. The quantitative estimate of drug-likeness (QED) is 0.224. The predicted octanol–water partition coefficient (Wildman–Crippen LogP) is 5.00. The molecule has 0 saturated carbocycles. The van der Waals surface area contributed by atoms with E-state index in [1.165, 1.54) is 45.5 Å². The van der Waals surface area contributed by atoms with Gasteiger partial charge >= 0.3 is 0 Å². The number of hydrogen-bond donors (Lipinski definition) is 1. The minimum atomic E-state index is -0.960. The van der Waals surface area contributed by atoms with Gasteiger partial charge in [0, 0.05) is 12.6 Å². The highest BCUT2D eigenvalue weighted by molar-refractivity contribution is 6.46. The Bertz CT molecular complexity index is 1430. The van der Waals surface area contributed by atoms with Crippen LogP contribution < -0.4 is 23.7 Å². The van der Waals surface area contributed by atoms with Gasteiger partial charge in [-0.2, -0.15) is 0 Å². The van der Waals surface area contributed by atoms with E-state index < -0.39 is 23.5 Å². The van der Waals surface area contributed by atoms with E-state index >= 15 is 0 Å². The van der Waals surface area contributed by atoms with Crippen molar-refractivity contribution >= 4 is 29.1 Å². The van der Waals surface area contributed by atoms with Crippen molar-refractivity contribution in [1.82, 2.24) is 4.90 Å². The Morgan fingerprint density at radius 1 is 0.795 bits per heavy atom. The fourth-order valence-electron chi connectivity index (χ4n) is 4.53. The van der Waals surface area contributed by atoms with Gasteiger partial charge in [0.25, 0.3) is 11.7 Å². The van der Waals surface area contributed by atoms with Gasteiger partial charge < -0.3 is 33.7 Å². The number of benzene rings is 3. The number of ketones is 1. The van der Waals surface area contributed by atoms with Crippen LogP contribution in [-0.2, 0) is 16.1 Å². The van der Waals surface area contributed by atoms with Crippen LogP contribution in [0.3, 0.4) is 0 Å². The largest absolute Gasteiger partial charge is 0.507 e. The Morgan fingerprint density at radius 2 is 1.44 bits per heavy atom. The summed E-state index contributed by atoms with van der Waals surface area (Å²) in [5, 5.41) is 11.8. The van der Waals surface area contributed by atoms with Crippen molar-refractivity contribution in [3.05, 3.63) is 81.9 Å². The summed E-state index contributed by atoms with van der Waals surface area (Å²) < 4.78 is 26.8. The van der Waals surface area contributed by atoms with Crippen molar-refractivity contribution in [2.24, 2.45) is 0 Å². The summed E-state index contributed by atoms with van der Waals surface area (Å²) in [5.74, 6) is -0.0740. The number of Topliss-reactive ketones (excluding diaryl/α,β-unsaturated/α-hetero) is 1. The molecule has 1 aliphatic rings. The van der Waals surface area contributed by atoms with E-state index in [1.807, 2.05) is 0 Å². The van der Waals surface area contributed by atoms with Gasteiger partial charge in [0.05, 0.1) is 57.8 Å². The molecule has 4 rings (SSSR count). The van der Waals surface area contributed by atoms with E-state index in [0.717, 1.165) is 5.56 Å². The topological polar surface area (TPSA) is 104 Å². The third kappa shape index (κ3) is 5.18. The molecule has 1 amide bonds. The number of rotatable bonds is 9. The van der Waals surface area contributed by atoms with E-state index in [0.29, 0.717) is 22.8 Å². The Hall–Kier alpha value is -4.37. The average Bonchev–Trinajstić information content (AvgIpc) is 3.21. The smallest absolute Gasteiger partial charge is 0.295 e. The molecule has 1 aliphatic heterocycles. The Morgan fingerprint density at radius 3 is 2.03 bits per heavy atom. The van der Waals surface area contributed by atoms with Crippen LogP contribution in [0.5, 0.6) is 28.7 Å². The summed E-state index contributed by atoms with van der Waals surface area (Å²) in [4.78, 5) is 28.4. The predicted molar refractivity (Wildman–Crippen MR) is 145 cm³/mol. The van der Waals surface area contributed by atoms with Crippen molar-refractivity contribution < 1.29 is 38.4 Å². The average molecular weight is 554 g/mol. The van der Waals surface area contributed by atoms with E-state index in [-0.39, 0.29) is 34.2 Å². The van der Waals surface area contributed by atoms with Crippen LogP contribution in [-0.4, -0.2) is 57.2 Å². The number of aliphatic hydroxyl groups is 1. The lowest BCUT2D eigenvalue weighted by Crippen LogP contribution is -2.29. The molecule has 204 valence electrons. The number of carbonyl (C=O) groups is 2. The summed E-state index contributed by atoms with van der Waals surface area (Å²) in [6, 6.07) is 14.2. The molecular weight excluding hydrogens is 526 g/mol. The van der Waals surface area contributed by atoms with Crippen molar-refractivity contribution in [2.45, 2.75) is 12.6 Å². The van der Waals surface area contributed by atoms with Gasteiger partial charge in [-0.3, -0.25) is 9.59 Å². The third-order valence-corrected chi connectivity index (χ3v) is 6.80. The fourth-order valence-corrected chi connectivity index (χ4v) is 4.76. The molecular formula is C29H28ClNO8. The van der Waals surface area contributed by atoms with E-state index in [2.05, 4.69) is 0 Å². The molecule has 10 heteroatoms. The standard InChI is InChI=1S/C29H28ClNO8/c1-35-18-9-6-16(7-10-18)15-31-26(17-8-11-21(36-2)24(12-17)39-5)25(28(33)29(31)34)27(32)19-13-23(38-4)20(30)14-22(19)37-3/h6-14,26,32H,15H2,1-5H3/b27-25+. The third-order valence-electron chi connectivity index (χ3n) is 6.50. The SMILES string of the molecule is COc1ccc(CN2C(=O)C(=O)/C(=C(/O)c3cc(OC)c(Cl)cc3OC)C2c2ccc(OC)c(OC)c2)cc1. The first-order valence-electron chi connectivity index (χ1n) is 11.8. The van der Waals surface area contributed by atoms with Crippen LogP contribution in [0.4, 0.5) is 0 Å². The zero-order valence-corrected chi connectivity index (χ0v) is 22.9. The molecule has 0 spiro atoms. The maximum absolute atomic E-state index is 13.5. The van der Waals surface area contributed by atoms with E-state index in [1.54, 1.807) is 49.6 Å². The minimum absolute atomic E-state index is 0.0887. The summed E-state index contributed by atoms with van der Waals surface area (Å²) in [7, 11) is 7.39. The van der Waals surface area contributed by atoms with E-state index in [4.69, 9.17) is 35.3 Å². The molecule has 1 fully saturated rings. The maximum atomic E-state index is 13.5. The fraction of sp³-hybridized carbons (Fsp3) is 0.241. The zero-order chi connectivity index (χ0) is 28.3. The molecule has 1 heterocycles. The van der Waals surface area contributed by atoms with Gasteiger partial charge in [0.1, 0.15) is 23.0 Å². The molecule has 3 aromatic carbocycles. The lowest BCUT2D eigenvalue weighted by atomic mass is 9.94. The molecule has 1 unspecified atom stereocenters. The molecule has 3 aromatic rings. The van der Waals surface area contributed by atoms with Gasteiger partial charge in [-0.25, -0.2) is 0 Å². The lowest BCUT2D eigenvalue weighted by molar-refractivity contribution is -0.140. The van der Waals surface area contributed by atoms with Crippen LogP contribution in [0, 0.1) is 0 Å². The van der Waals surface area contributed by atoms with Crippen molar-refractivity contribution in [2.75, 3.05) is 35.5 Å². The highest BCUT2D eigenvalue weighted by Gasteiger charge is 2.46. The monoisotopic (exact) mass is 553 g/mol. The zero-order valence-electron chi connectivity index (χ0n) is 22.1. The normalized spacial score (nSPS) is 16.3. The Labute approximate surface area is 231 Å². The number of methoxy groups -OCH3 is 5.